The van der Waals surface area contributed by atoms with Crippen LogP contribution in [0.15, 0.2) is 16.6 Å². The molecule has 1 saturated carbocycles. The third kappa shape index (κ3) is 2.49. The summed E-state index contributed by atoms with van der Waals surface area (Å²) in [5, 5.41) is 0. The number of ketones is 1. The van der Waals surface area contributed by atoms with Crippen molar-refractivity contribution in [1.82, 2.24) is 0 Å². The minimum absolute atomic E-state index is 0.0507. The summed E-state index contributed by atoms with van der Waals surface area (Å²) < 4.78 is 11.2. The van der Waals surface area contributed by atoms with Crippen LogP contribution in [0, 0.1) is 0 Å². The van der Waals surface area contributed by atoms with Crippen molar-refractivity contribution in [2.24, 2.45) is 5.73 Å². The van der Waals surface area contributed by atoms with Crippen LogP contribution < -0.4 is 15.2 Å². The number of carbonyl (C=O) groups is 1. The summed E-state index contributed by atoms with van der Waals surface area (Å²) in [6, 6.07) is 3.47. The van der Waals surface area contributed by atoms with Crippen molar-refractivity contribution in [1.29, 1.82) is 0 Å². The Morgan fingerprint density at radius 3 is 2.42 bits per heavy atom. The van der Waals surface area contributed by atoms with Crippen molar-refractivity contribution in [2.45, 2.75) is 31.2 Å². The van der Waals surface area contributed by atoms with Crippen LogP contribution in [0.4, 0.5) is 0 Å². The number of carbonyl (C=O) groups excluding carboxylic acids is 1. The van der Waals surface area contributed by atoms with Crippen LogP contribution in [0.3, 0.4) is 0 Å². The van der Waals surface area contributed by atoms with Gasteiger partial charge in [0, 0.05) is 0 Å². The number of ether oxygens (including phenoxy) is 2. The maximum Gasteiger partial charge on any atom is 0.186 e. The third-order valence-corrected chi connectivity index (χ3v) is 4.43. The molecule has 0 heterocycles. The predicted octanol–water partition coefficient (Wildman–Crippen LogP) is 2.92. The Morgan fingerprint density at radius 2 is 1.89 bits per heavy atom. The normalized spacial score (nSPS) is 17.3. The van der Waals surface area contributed by atoms with Crippen LogP contribution in [0.25, 0.3) is 0 Å². The van der Waals surface area contributed by atoms with E-state index in [-0.39, 0.29) is 5.78 Å². The Hall–Kier alpha value is -1.07. The quantitative estimate of drug-likeness (QED) is 0.864. The van der Waals surface area contributed by atoms with E-state index in [1.54, 1.807) is 19.2 Å². The van der Waals surface area contributed by atoms with E-state index in [0.29, 0.717) is 21.5 Å². The lowest BCUT2D eigenvalue weighted by molar-refractivity contribution is 0.0888. The maximum absolute atomic E-state index is 12.6. The monoisotopic (exact) mass is 327 g/mol. The van der Waals surface area contributed by atoms with Crippen LogP contribution >= 0.6 is 15.9 Å². The molecule has 0 radical (unpaired) electrons. The largest absolute Gasteiger partial charge is 0.495 e. The van der Waals surface area contributed by atoms with Gasteiger partial charge in [-0.05, 0) is 40.9 Å². The Morgan fingerprint density at radius 1 is 1.26 bits per heavy atom. The zero-order valence-electron chi connectivity index (χ0n) is 11.2. The van der Waals surface area contributed by atoms with Crippen molar-refractivity contribution in [2.75, 3.05) is 14.2 Å². The highest BCUT2D eigenvalue weighted by atomic mass is 79.9. The fourth-order valence-electron chi connectivity index (χ4n) is 2.58. The number of benzene rings is 1. The second-order valence-electron chi connectivity index (χ2n) is 4.85. The van der Waals surface area contributed by atoms with Gasteiger partial charge in [0.25, 0.3) is 0 Å². The van der Waals surface area contributed by atoms with Gasteiger partial charge in [0.1, 0.15) is 16.0 Å². The van der Waals surface area contributed by atoms with Gasteiger partial charge in [-0.15, -0.1) is 0 Å². The maximum atomic E-state index is 12.6. The summed E-state index contributed by atoms with van der Waals surface area (Å²) in [7, 11) is 3.11. The Labute approximate surface area is 121 Å². The molecule has 0 bridgehead atoms. The van der Waals surface area contributed by atoms with Gasteiger partial charge in [0.05, 0.1) is 25.3 Å². The van der Waals surface area contributed by atoms with E-state index < -0.39 is 5.54 Å². The van der Waals surface area contributed by atoms with Gasteiger partial charge in [-0.25, -0.2) is 0 Å². The van der Waals surface area contributed by atoms with Crippen molar-refractivity contribution < 1.29 is 14.3 Å². The predicted molar refractivity (Wildman–Crippen MR) is 77.0 cm³/mol. The average Bonchev–Trinajstić information content (AvgIpc) is 2.85. The van der Waals surface area contributed by atoms with E-state index in [1.165, 1.54) is 7.11 Å². The molecule has 0 spiro atoms. The van der Waals surface area contributed by atoms with Crippen molar-refractivity contribution in [3.05, 3.63) is 22.2 Å². The number of Topliss-reactive ketones (excluding diaryl/α,β-unsaturated/α-hetero) is 1. The molecule has 2 N–H and O–H groups in total. The molecular formula is C14H18BrNO3. The van der Waals surface area contributed by atoms with E-state index in [1.807, 2.05) is 0 Å². The summed E-state index contributed by atoms with van der Waals surface area (Å²) in [6.07, 6.45) is 3.47. The first-order valence-electron chi connectivity index (χ1n) is 6.27. The van der Waals surface area contributed by atoms with Gasteiger partial charge in [0.2, 0.25) is 0 Å². The smallest absolute Gasteiger partial charge is 0.186 e. The molecule has 2 rings (SSSR count). The van der Waals surface area contributed by atoms with E-state index in [4.69, 9.17) is 15.2 Å². The third-order valence-electron chi connectivity index (χ3n) is 3.68. The topological polar surface area (TPSA) is 61.5 Å². The van der Waals surface area contributed by atoms with Crippen molar-refractivity contribution in [3.63, 3.8) is 0 Å². The summed E-state index contributed by atoms with van der Waals surface area (Å²) in [5.74, 6) is 1.07. The highest BCUT2D eigenvalue weighted by Crippen LogP contribution is 2.40. The van der Waals surface area contributed by atoms with Crippen molar-refractivity contribution >= 4 is 21.7 Å². The number of rotatable bonds is 4. The molecule has 104 valence electrons. The highest BCUT2D eigenvalue weighted by molar-refractivity contribution is 9.10. The number of hydrogen-bond donors (Lipinski definition) is 1. The average molecular weight is 328 g/mol. The molecule has 19 heavy (non-hydrogen) atoms. The van der Waals surface area contributed by atoms with E-state index >= 15 is 0 Å². The first-order chi connectivity index (χ1) is 9.03. The molecule has 5 heteroatoms. The molecule has 1 aromatic rings. The minimum atomic E-state index is -0.749. The lowest BCUT2D eigenvalue weighted by Gasteiger charge is -2.23. The molecule has 1 fully saturated rings. The summed E-state index contributed by atoms with van der Waals surface area (Å²) in [5.41, 5.74) is 5.99. The Bertz CT molecular complexity index is 496. The van der Waals surface area contributed by atoms with Crippen LogP contribution in [-0.4, -0.2) is 25.5 Å². The summed E-state index contributed by atoms with van der Waals surface area (Å²) in [6.45, 7) is 0. The van der Waals surface area contributed by atoms with Crippen LogP contribution in [0.2, 0.25) is 0 Å². The Kier molecular flexibility index (Phi) is 4.16. The summed E-state index contributed by atoms with van der Waals surface area (Å²) in [4.78, 5) is 12.6. The van der Waals surface area contributed by atoms with Crippen LogP contribution in [0.1, 0.15) is 36.0 Å². The SMILES string of the molecule is COc1ccc(C(=O)C2(N)CCCC2)c(OC)c1Br. The van der Waals surface area contributed by atoms with Crippen LogP contribution in [-0.2, 0) is 0 Å². The molecule has 0 aliphatic heterocycles. The molecule has 0 unspecified atom stereocenters. The zero-order valence-corrected chi connectivity index (χ0v) is 12.7. The fourth-order valence-corrected chi connectivity index (χ4v) is 3.24. The summed E-state index contributed by atoms with van der Waals surface area (Å²) >= 11 is 3.40. The zero-order chi connectivity index (χ0) is 14.0. The lowest BCUT2D eigenvalue weighted by atomic mass is 9.88. The molecule has 1 aliphatic rings. The molecule has 1 aliphatic carbocycles. The molecule has 0 amide bonds. The second kappa shape index (κ2) is 5.51. The van der Waals surface area contributed by atoms with E-state index in [2.05, 4.69) is 15.9 Å². The van der Waals surface area contributed by atoms with Gasteiger partial charge in [-0.3, -0.25) is 4.79 Å². The van der Waals surface area contributed by atoms with Gasteiger partial charge in [-0.1, -0.05) is 12.8 Å². The van der Waals surface area contributed by atoms with Crippen LogP contribution in [0.5, 0.6) is 11.5 Å². The fraction of sp³-hybridized carbons (Fsp3) is 0.500. The van der Waals surface area contributed by atoms with Gasteiger partial charge in [0.15, 0.2) is 5.78 Å². The number of nitrogens with two attached hydrogens (primary N) is 1. The first kappa shape index (κ1) is 14.3. The minimum Gasteiger partial charge on any atom is -0.495 e. The van der Waals surface area contributed by atoms with Crippen molar-refractivity contribution in [3.8, 4) is 11.5 Å². The van der Waals surface area contributed by atoms with E-state index in [0.717, 1.165) is 25.7 Å². The molecule has 0 saturated heterocycles. The first-order valence-corrected chi connectivity index (χ1v) is 7.07. The Balaban J connectivity index is 2.45. The molecule has 0 aromatic heterocycles. The molecule has 4 nitrogen and oxygen atoms in total. The van der Waals surface area contributed by atoms with Gasteiger partial charge < -0.3 is 15.2 Å². The van der Waals surface area contributed by atoms with Gasteiger partial charge >= 0.3 is 0 Å². The van der Waals surface area contributed by atoms with E-state index in [9.17, 15) is 4.79 Å². The molecule has 1 aromatic carbocycles. The number of methoxy groups -OCH3 is 2. The highest BCUT2D eigenvalue weighted by Gasteiger charge is 2.39. The lowest BCUT2D eigenvalue weighted by Crippen LogP contribution is -2.45. The number of halogens is 1. The number of hydrogen-bond acceptors (Lipinski definition) is 4. The second-order valence-corrected chi connectivity index (χ2v) is 5.65. The standard InChI is InChI=1S/C14H18BrNO3/c1-18-10-6-5-9(12(19-2)11(10)15)13(17)14(16)7-3-4-8-14/h5-6H,3-4,7-8,16H2,1-2H3. The molecular weight excluding hydrogens is 310 g/mol. The molecule has 0 atom stereocenters. The van der Waals surface area contributed by atoms with Gasteiger partial charge in [-0.2, -0.15) is 0 Å².